The molecule has 3 N–H and O–H groups in total. The Balaban J connectivity index is 1.58. The van der Waals surface area contributed by atoms with Gasteiger partial charge in [0.15, 0.2) is 18.1 Å². The van der Waals surface area contributed by atoms with Gasteiger partial charge >= 0.3 is 0 Å². The summed E-state index contributed by atoms with van der Waals surface area (Å²) >= 11 is 0. The average Bonchev–Trinajstić information content (AvgIpc) is 2.92. The molecule has 3 aromatic rings. The molecule has 39 heavy (non-hydrogen) atoms. The summed E-state index contributed by atoms with van der Waals surface area (Å²) in [6, 6.07) is 15.0. The normalized spacial score (nSPS) is 11.6. The topological polar surface area (TPSA) is 118 Å². The van der Waals surface area contributed by atoms with Crippen LogP contribution in [0.1, 0.15) is 29.8 Å². The first kappa shape index (κ1) is 28.8. The number of carbonyl (C=O) groups is 3. The van der Waals surface area contributed by atoms with Gasteiger partial charge in [-0.05, 0) is 53.9 Å². The summed E-state index contributed by atoms with van der Waals surface area (Å²) in [4.78, 5) is 37.2. The van der Waals surface area contributed by atoms with Gasteiger partial charge in [0.25, 0.3) is 17.7 Å². The van der Waals surface area contributed by atoms with Crippen LogP contribution in [0.5, 0.6) is 11.5 Å². The molecule has 0 saturated carbocycles. The summed E-state index contributed by atoms with van der Waals surface area (Å²) in [5.74, 6) is -2.86. The van der Waals surface area contributed by atoms with Gasteiger partial charge in [-0.25, -0.2) is 14.2 Å². The van der Waals surface area contributed by atoms with Crippen molar-refractivity contribution in [3.63, 3.8) is 0 Å². The van der Waals surface area contributed by atoms with Crippen LogP contribution in [0.2, 0.25) is 0 Å². The molecular weight excluding hydrogens is 510 g/mol. The zero-order chi connectivity index (χ0) is 28.4. The van der Waals surface area contributed by atoms with Crippen molar-refractivity contribution < 1.29 is 32.6 Å². The summed E-state index contributed by atoms with van der Waals surface area (Å²) in [6.07, 6.45) is 1.35. The van der Waals surface area contributed by atoms with Crippen LogP contribution in [-0.4, -0.2) is 43.7 Å². The highest BCUT2D eigenvalue weighted by atomic mass is 19.1. The molecule has 0 aliphatic heterocycles. The lowest BCUT2D eigenvalue weighted by atomic mass is 10.0. The summed E-state index contributed by atoms with van der Waals surface area (Å²) in [5.41, 5.74) is 2.78. The first-order valence-corrected chi connectivity index (χ1v) is 11.9. The SMILES string of the molecule is COc1cc(C=NNC(=O)C(NC(=O)c2ccccc2F)C(C)C)ccc1OCC(=O)Nc1ccccc1F. The Bertz CT molecular complexity index is 1360. The third-order valence-corrected chi connectivity index (χ3v) is 5.44. The van der Waals surface area contributed by atoms with Gasteiger partial charge in [0.1, 0.15) is 17.7 Å². The summed E-state index contributed by atoms with van der Waals surface area (Å²) in [5, 5.41) is 8.89. The minimum Gasteiger partial charge on any atom is -0.493 e. The molecule has 204 valence electrons. The van der Waals surface area contributed by atoms with Gasteiger partial charge in [-0.3, -0.25) is 14.4 Å². The van der Waals surface area contributed by atoms with E-state index < -0.39 is 35.4 Å². The molecule has 0 fully saturated rings. The highest BCUT2D eigenvalue weighted by molar-refractivity contribution is 5.98. The number of hydrogen-bond donors (Lipinski definition) is 3. The Hall–Kier alpha value is -4.80. The van der Waals surface area contributed by atoms with Gasteiger partial charge in [0, 0.05) is 0 Å². The molecule has 0 aromatic heterocycles. The number of hydrogen-bond acceptors (Lipinski definition) is 6. The van der Waals surface area contributed by atoms with Gasteiger partial charge in [-0.1, -0.05) is 38.1 Å². The molecule has 11 heteroatoms. The van der Waals surface area contributed by atoms with E-state index in [1.54, 1.807) is 38.1 Å². The van der Waals surface area contributed by atoms with E-state index in [1.807, 2.05) is 0 Å². The zero-order valence-electron chi connectivity index (χ0n) is 21.5. The van der Waals surface area contributed by atoms with E-state index in [0.717, 1.165) is 6.07 Å². The number of nitrogens with zero attached hydrogens (tertiary/aromatic N) is 1. The molecule has 0 spiro atoms. The molecule has 0 saturated heterocycles. The van der Waals surface area contributed by atoms with Gasteiger partial charge in [0.05, 0.1) is 24.6 Å². The Labute approximate surface area is 224 Å². The number of carbonyl (C=O) groups excluding carboxylic acids is 3. The lowest BCUT2D eigenvalue weighted by molar-refractivity contribution is -0.124. The molecule has 0 aliphatic rings. The molecule has 0 aliphatic carbocycles. The van der Waals surface area contributed by atoms with Crippen molar-refractivity contribution in [3.05, 3.63) is 89.5 Å². The summed E-state index contributed by atoms with van der Waals surface area (Å²) in [7, 11) is 1.41. The van der Waals surface area contributed by atoms with Crippen LogP contribution in [-0.2, 0) is 9.59 Å². The molecular formula is C28H28F2N4O5. The first-order valence-electron chi connectivity index (χ1n) is 11.9. The predicted octanol–water partition coefficient (Wildman–Crippen LogP) is 3.90. The van der Waals surface area contributed by atoms with Crippen LogP contribution in [0.15, 0.2) is 71.8 Å². The number of para-hydroxylation sites is 1. The number of hydrazone groups is 1. The second-order valence-electron chi connectivity index (χ2n) is 8.64. The smallest absolute Gasteiger partial charge is 0.262 e. The van der Waals surface area contributed by atoms with Gasteiger partial charge in [0.2, 0.25) is 0 Å². The summed E-state index contributed by atoms with van der Waals surface area (Å²) < 4.78 is 38.4. The fourth-order valence-electron chi connectivity index (χ4n) is 3.42. The first-order chi connectivity index (χ1) is 18.7. The Morgan fingerprint density at radius 3 is 2.31 bits per heavy atom. The molecule has 1 atom stereocenters. The van der Waals surface area contributed by atoms with Crippen molar-refractivity contribution in [2.45, 2.75) is 19.9 Å². The number of benzene rings is 3. The maximum atomic E-state index is 13.9. The van der Waals surface area contributed by atoms with E-state index >= 15 is 0 Å². The molecule has 9 nitrogen and oxygen atoms in total. The molecule has 3 aromatic carbocycles. The largest absolute Gasteiger partial charge is 0.493 e. The third-order valence-electron chi connectivity index (χ3n) is 5.44. The Morgan fingerprint density at radius 2 is 1.64 bits per heavy atom. The second-order valence-corrected chi connectivity index (χ2v) is 8.64. The lowest BCUT2D eigenvalue weighted by Crippen LogP contribution is -2.48. The fraction of sp³-hybridized carbons (Fsp3) is 0.214. The predicted molar refractivity (Wildman–Crippen MR) is 142 cm³/mol. The maximum absolute atomic E-state index is 13.9. The number of rotatable bonds is 11. The number of nitrogens with one attached hydrogen (secondary N) is 3. The third kappa shape index (κ3) is 8.09. The quantitative estimate of drug-likeness (QED) is 0.253. The van der Waals surface area contributed by atoms with Crippen molar-refractivity contribution in [2.24, 2.45) is 11.0 Å². The Morgan fingerprint density at radius 1 is 0.949 bits per heavy atom. The monoisotopic (exact) mass is 538 g/mol. The van der Waals surface area contributed by atoms with Crippen LogP contribution >= 0.6 is 0 Å². The number of anilines is 1. The van der Waals surface area contributed by atoms with Gasteiger partial charge < -0.3 is 20.1 Å². The highest BCUT2D eigenvalue weighted by Gasteiger charge is 2.25. The van der Waals surface area contributed by atoms with E-state index in [9.17, 15) is 23.2 Å². The van der Waals surface area contributed by atoms with Crippen LogP contribution in [0.3, 0.4) is 0 Å². The number of methoxy groups -OCH3 is 1. The van der Waals surface area contributed by atoms with E-state index in [0.29, 0.717) is 11.3 Å². The van der Waals surface area contributed by atoms with Crippen molar-refractivity contribution in [1.82, 2.24) is 10.7 Å². The van der Waals surface area contributed by atoms with Crippen LogP contribution in [0.4, 0.5) is 14.5 Å². The maximum Gasteiger partial charge on any atom is 0.262 e. The number of amides is 3. The van der Waals surface area contributed by atoms with Gasteiger partial charge in [-0.2, -0.15) is 5.10 Å². The molecule has 3 rings (SSSR count). The van der Waals surface area contributed by atoms with Crippen LogP contribution in [0.25, 0.3) is 0 Å². The standard InChI is InChI=1S/C28H28F2N4O5/c1-17(2)26(33-27(36)19-8-4-5-9-20(19)29)28(37)34-31-15-18-12-13-23(24(14-18)38-3)39-16-25(35)32-22-11-7-6-10-21(22)30/h4-15,17,26H,16H2,1-3H3,(H,32,35)(H,33,36)(H,34,37). The average molecular weight is 539 g/mol. The van der Waals surface area contributed by atoms with Crippen molar-refractivity contribution in [2.75, 3.05) is 19.0 Å². The molecule has 0 heterocycles. The molecule has 1 unspecified atom stereocenters. The van der Waals surface area contributed by atoms with Crippen molar-refractivity contribution in [3.8, 4) is 11.5 Å². The van der Waals surface area contributed by atoms with E-state index in [4.69, 9.17) is 9.47 Å². The molecule has 0 radical (unpaired) electrons. The number of halogens is 2. The van der Waals surface area contributed by atoms with Gasteiger partial charge in [-0.15, -0.1) is 0 Å². The van der Waals surface area contributed by atoms with Crippen LogP contribution < -0.4 is 25.5 Å². The minimum absolute atomic E-state index is 0.0400. The molecule has 3 amide bonds. The number of ether oxygens (including phenoxy) is 2. The van der Waals surface area contributed by atoms with E-state index in [2.05, 4.69) is 21.2 Å². The summed E-state index contributed by atoms with van der Waals surface area (Å²) in [6.45, 7) is 3.08. The van der Waals surface area contributed by atoms with E-state index in [-0.39, 0.29) is 29.5 Å². The zero-order valence-corrected chi connectivity index (χ0v) is 21.5. The second kappa shape index (κ2) is 13.7. The van der Waals surface area contributed by atoms with Crippen molar-refractivity contribution >= 4 is 29.6 Å². The van der Waals surface area contributed by atoms with E-state index in [1.165, 1.54) is 49.7 Å². The molecule has 0 bridgehead atoms. The van der Waals surface area contributed by atoms with Crippen LogP contribution in [0, 0.1) is 17.6 Å². The minimum atomic E-state index is -0.963. The fourth-order valence-corrected chi connectivity index (χ4v) is 3.42. The highest BCUT2D eigenvalue weighted by Crippen LogP contribution is 2.27. The lowest BCUT2D eigenvalue weighted by Gasteiger charge is -2.20. The Kier molecular flexibility index (Phi) is 10.1. The van der Waals surface area contributed by atoms with Crippen molar-refractivity contribution in [1.29, 1.82) is 0 Å².